The lowest BCUT2D eigenvalue weighted by molar-refractivity contribution is 0.505. The van der Waals surface area contributed by atoms with Gasteiger partial charge >= 0.3 is 0 Å². The van der Waals surface area contributed by atoms with E-state index >= 15 is 0 Å². The maximum atomic E-state index is 6.28. The molecule has 2 aromatic carbocycles. The van der Waals surface area contributed by atoms with Gasteiger partial charge in [-0.1, -0.05) is 67.1 Å². The predicted molar refractivity (Wildman–Crippen MR) is 87.4 cm³/mol. The first-order valence-corrected chi connectivity index (χ1v) is 7.68. The first-order valence-electron chi connectivity index (χ1n) is 7.30. The molecule has 2 rings (SSSR count). The summed E-state index contributed by atoms with van der Waals surface area (Å²) >= 11 is 6.28. The number of hydrogen-bond acceptors (Lipinski definition) is 1. The minimum atomic E-state index is 0.428. The Hall–Kier alpha value is -1.31. The molecule has 20 heavy (non-hydrogen) atoms. The largest absolute Gasteiger partial charge is 0.313 e. The standard InChI is InChI=1S/C18H22ClN/c1-2-12-20-17(13-15-8-4-3-5-9-15)14-16-10-6-7-11-18(16)19/h3-11,17,20H,2,12-14H2,1H3. The van der Waals surface area contributed by atoms with Crippen LogP contribution in [0.4, 0.5) is 0 Å². The van der Waals surface area contributed by atoms with E-state index in [2.05, 4.69) is 54.7 Å². The first kappa shape index (κ1) is 15.1. The van der Waals surface area contributed by atoms with Gasteiger partial charge in [0.15, 0.2) is 0 Å². The van der Waals surface area contributed by atoms with Crippen LogP contribution in [0.15, 0.2) is 54.6 Å². The van der Waals surface area contributed by atoms with Gasteiger partial charge in [0.1, 0.15) is 0 Å². The number of hydrogen-bond donors (Lipinski definition) is 1. The summed E-state index contributed by atoms with van der Waals surface area (Å²) in [5.74, 6) is 0. The van der Waals surface area contributed by atoms with E-state index in [1.54, 1.807) is 0 Å². The molecule has 0 radical (unpaired) electrons. The number of benzene rings is 2. The fraction of sp³-hybridized carbons (Fsp3) is 0.333. The van der Waals surface area contributed by atoms with Gasteiger partial charge in [-0.05, 0) is 43.0 Å². The van der Waals surface area contributed by atoms with Crippen molar-refractivity contribution >= 4 is 11.6 Å². The zero-order chi connectivity index (χ0) is 14.2. The van der Waals surface area contributed by atoms with Gasteiger partial charge in [-0.3, -0.25) is 0 Å². The number of rotatable bonds is 7. The fourth-order valence-electron chi connectivity index (χ4n) is 2.39. The van der Waals surface area contributed by atoms with Gasteiger partial charge in [-0.25, -0.2) is 0 Å². The van der Waals surface area contributed by atoms with Crippen molar-refractivity contribution in [2.45, 2.75) is 32.2 Å². The topological polar surface area (TPSA) is 12.0 Å². The smallest absolute Gasteiger partial charge is 0.0438 e. The minimum Gasteiger partial charge on any atom is -0.313 e. The highest BCUT2D eigenvalue weighted by Crippen LogP contribution is 2.18. The molecule has 0 amide bonds. The molecule has 1 unspecified atom stereocenters. The van der Waals surface area contributed by atoms with Crippen molar-refractivity contribution in [2.75, 3.05) is 6.54 Å². The van der Waals surface area contributed by atoms with Crippen molar-refractivity contribution in [1.29, 1.82) is 0 Å². The van der Waals surface area contributed by atoms with E-state index in [-0.39, 0.29) is 0 Å². The second kappa shape index (κ2) is 8.08. The SMILES string of the molecule is CCCNC(Cc1ccccc1)Cc1ccccc1Cl. The Bertz CT molecular complexity index is 510. The van der Waals surface area contributed by atoms with Crippen LogP contribution < -0.4 is 5.32 Å². The highest BCUT2D eigenvalue weighted by molar-refractivity contribution is 6.31. The van der Waals surface area contributed by atoms with Crippen LogP contribution in [-0.4, -0.2) is 12.6 Å². The summed E-state index contributed by atoms with van der Waals surface area (Å²) in [6, 6.07) is 19.2. The molecule has 1 N–H and O–H groups in total. The molecular weight excluding hydrogens is 266 g/mol. The molecule has 0 fully saturated rings. The Morgan fingerprint density at radius 1 is 0.950 bits per heavy atom. The van der Waals surface area contributed by atoms with Crippen molar-refractivity contribution in [2.24, 2.45) is 0 Å². The molecule has 0 aliphatic carbocycles. The Balaban J connectivity index is 2.05. The summed E-state index contributed by atoms with van der Waals surface area (Å²) in [5.41, 5.74) is 2.59. The van der Waals surface area contributed by atoms with Crippen LogP contribution in [0.1, 0.15) is 24.5 Å². The second-order valence-electron chi connectivity index (χ2n) is 5.14. The van der Waals surface area contributed by atoms with Gasteiger partial charge in [-0.15, -0.1) is 0 Å². The Morgan fingerprint density at radius 2 is 1.65 bits per heavy atom. The summed E-state index contributed by atoms with van der Waals surface area (Å²) in [5, 5.41) is 4.50. The van der Waals surface area contributed by atoms with Gasteiger partial charge in [0, 0.05) is 11.1 Å². The van der Waals surface area contributed by atoms with Crippen LogP contribution in [0.5, 0.6) is 0 Å². The zero-order valence-corrected chi connectivity index (χ0v) is 12.7. The summed E-state index contributed by atoms with van der Waals surface area (Å²) in [6.45, 7) is 3.24. The highest BCUT2D eigenvalue weighted by Gasteiger charge is 2.11. The Kier molecular flexibility index (Phi) is 6.10. The average Bonchev–Trinajstić information content (AvgIpc) is 2.48. The molecule has 0 aliphatic heterocycles. The van der Waals surface area contributed by atoms with E-state index in [4.69, 9.17) is 11.6 Å². The summed E-state index contributed by atoms with van der Waals surface area (Å²) < 4.78 is 0. The second-order valence-corrected chi connectivity index (χ2v) is 5.54. The van der Waals surface area contributed by atoms with Crippen molar-refractivity contribution in [1.82, 2.24) is 5.32 Å². The maximum absolute atomic E-state index is 6.28. The molecule has 0 bridgehead atoms. The number of halogens is 1. The molecule has 0 saturated heterocycles. The molecule has 0 aromatic heterocycles. The normalized spacial score (nSPS) is 12.3. The third kappa shape index (κ3) is 4.66. The van der Waals surface area contributed by atoms with E-state index in [0.29, 0.717) is 6.04 Å². The van der Waals surface area contributed by atoms with Crippen LogP contribution in [0.25, 0.3) is 0 Å². The molecule has 0 heterocycles. The van der Waals surface area contributed by atoms with Crippen LogP contribution in [-0.2, 0) is 12.8 Å². The third-order valence-electron chi connectivity index (χ3n) is 3.43. The summed E-state index contributed by atoms with van der Waals surface area (Å²) in [7, 11) is 0. The Labute approximate surface area is 127 Å². The molecule has 1 nitrogen and oxygen atoms in total. The molecule has 106 valence electrons. The minimum absolute atomic E-state index is 0.428. The van der Waals surface area contributed by atoms with Gasteiger partial charge < -0.3 is 5.32 Å². The molecule has 1 atom stereocenters. The van der Waals surface area contributed by atoms with Crippen LogP contribution in [0, 0.1) is 0 Å². The predicted octanol–water partition coefficient (Wildman–Crippen LogP) is 4.49. The first-order chi connectivity index (χ1) is 9.79. The van der Waals surface area contributed by atoms with Crippen LogP contribution in [0.2, 0.25) is 5.02 Å². The Morgan fingerprint density at radius 3 is 2.35 bits per heavy atom. The van der Waals surface area contributed by atoms with E-state index in [9.17, 15) is 0 Å². The lowest BCUT2D eigenvalue weighted by Crippen LogP contribution is -2.33. The van der Waals surface area contributed by atoms with Crippen molar-refractivity contribution in [3.8, 4) is 0 Å². The molecular formula is C18H22ClN. The summed E-state index contributed by atoms with van der Waals surface area (Å²) in [6.07, 6.45) is 3.15. The van der Waals surface area contributed by atoms with Crippen LogP contribution >= 0.6 is 11.6 Å². The molecule has 0 spiro atoms. The van der Waals surface area contributed by atoms with Gasteiger partial charge in [0.2, 0.25) is 0 Å². The van der Waals surface area contributed by atoms with Gasteiger partial charge in [0.05, 0.1) is 0 Å². The van der Waals surface area contributed by atoms with Gasteiger partial charge in [0.25, 0.3) is 0 Å². The van der Waals surface area contributed by atoms with Crippen LogP contribution in [0.3, 0.4) is 0 Å². The van der Waals surface area contributed by atoms with E-state index in [1.807, 2.05) is 12.1 Å². The average molecular weight is 288 g/mol. The fourth-order valence-corrected chi connectivity index (χ4v) is 2.61. The molecule has 2 heteroatoms. The van der Waals surface area contributed by atoms with Gasteiger partial charge in [-0.2, -0.15) is 0 Å². The third-order valence-corrected chi connectivity index (χ3v) is 3.80. The zero-order valence-electron chi connectivity index (χ0n) is 12.0. The lowest BCUT2D eigenvalue weighted by atomic mass is 9.99. The molecule has 2 aromatic rings. The van der Waals surface area contributed by atoms with Crippen molar-refractivity contribution < 1.29 is 0 Å². The van der Waals surface area contributed by atoms with E-state index in [0.717, 1.165) is 30.8 Å². The molecule has 0 saturated carbocycles. The quantitative estimate of drug-likeness (QED) is 0.791. The maximum Gasteiger partial charge on any atom is 0.0438 e. The van der Waals surface area contributed by atoms with E-state index in [1.165, 1.54) is 11.1 Å². The number of nitrogens with one attached hydrogen (secondary N) is 1. The highest BCUT2D eigenvalue weighted by atomic mass is 35.5. The summed E-state index contributed by atoms with van der Waals surface area (Å²) in [4.78, 5) is 0. The van der Waals surface area contributed by atoms with Crippen molar-refractivity contribution in [3.63, 3.8) is 0 Å². The molecule has 0 aliphatic rings. The van der Waals surface area contributed by atoms with Crippen molar-refractivity contribution in [3.05, 3.63) is 70.7 Å². The lowest BCUT2D eigenvalue weighted by Gasteiger charge is -2.19. The van der Waals surface area contributed by atoms with E-state index < -0.39 is 0 Å². The monoisotopic (exact) mass is 287 g/mol.